The van der Waals surface area contributed by atoms with E-state index in [-0.39, 0.29) is 5.91 Å². The van der Waals surface area contributed by atoms with Gasteiger partial charge in [-0.3, -0.25) is 4.79 Å². The number of carbonyl (C=O) groups excluding carboxylic acids is 1. The Kier molecular flexibility index (Phi) is 6.50. The fourth-order valence-corrected chi connectivity index (χ4v) is 2.68. The Labute approximate surface area is 133 Å². The van der Waals surface area contributed by atoms with E-state index < -0.39 is 0 Å². The fourth-order valence-electron chi connectivity index (χ4n) is 2.68. The number of nitrogens with one attached hydrogen (secondary N) is 1. The van der Waals surface area contributed by atoms with Crippen molar-refractivity contribution < 1.29 is 9.21 Å². The zero-order valence-electron chi connectivity index (χ0n) is 13.8. The maximum absolute atomic E-state index is 11.8. The Bertz CT molecular complexity index is 601. The van der Waals surface area contributed by atoms with Gasteiger partial charge in [0.15, 0.2) is 0 Å². The lowest BCUT2D eigenvalue weighted by Crippen LogP contribution is -2.25. The second-order valence-corrected chi connectivity index (χ2v) is 5.86. The lowest BCUT2D eigenvalue weighted by molar-refractivity contribution is -0.121. The van der Waals surface area contributed by atoms with Gasteiger partial charge in [0, 0.05) is 18.4 Å². The number of fused-ring (bicyclic) bond motifs is 1. The van der Waals surface area contributed by atoms with E-state index in [9.17, 15) is 4.79 Å². The smallest absolute Gasteiger partial charge is 0.220 e. The lowest BCUT2D eigenvalue weighted by atomic mass is 10.1. The molecule has 0 fully saturated rings. The third-order valence-electron chi connectivity index (χ3n) is 4.10. The molecule has 0 unspecified atom stereocenters. The summed E-state index contributed by atoms with van der Waals surface area (Å²) in [5, 5.41) is 4.19. The van der Waals surface area contributed by atoms with Gasteiger partial charge in [0.2, 0.25) is 5.91 Å². The molecular formula is C19H27NO2. The number of furan rings is 1. The zero-order valence-corrected chi connectivity index (χ0v) is 13.8. The van der Waals surface area contributed by atoms with Crippen LogP contribution in [0.15, 0.2) is 28.9 Å². The normalized spacial score (nSPS) is 11.0. The predicted octanol–water partition coefficient (Wildman–Crippen LogP) is 4.62. The third kappa shape index (κ3) is 4.62. The highest BCUT2D eigenvalue weighted by Crippen LogP contribution is 2.23. The van der Waals surface area contributed by atoms with Crippen LogP contribution < -0.4 is 5.32 Å². The number of hydrogen-bond acceptors (Lipinski definition) is 2. The Hall–Kier alpha value is -1.77. The molecule has 3 heteroatoms. The van der Waals surface area contributed by atoms with E-state index in [1.807, 2.05) is 12.3 Å². The van der Waals surface area contributed by atoms with Crippen LogP contribution >= 0.6 is 0 Å². The minimum absolute atomic E-state index is 0.165. The van der Waals surface area contributed by atoms with E-state index in [1.165, 1.54) is 29.4 Å². The van der Waals surface area contributed by atoms with Crippen LogP contribution in [0, 0.1) is 0 Å². The van der Waals surface area contributed by atoms with Crippen LogP contribution in [0.5, 0.6) is 0 Å². The maximum Gasteiger partial charge on any atom is 0.220 e. The first-order valence-corrected chi connectivity index (χ1v) is 8.50. The molecule has 0 saturated carbocycles. The molecule has 0 aliphatic heterocycles. The molecule has 1 heterocycles. The number of rotatable bonds is 9. The van der Waals surface area contributed by atoms with Gasteiger partial charge in [-0.25, -0.2) is 0 Å². The zero-order chi connectivity index (χ0) is 15.8. The standard InChI is InChI=1S/C19H27NO2/c1-3-5-6-7-8-19(21)20-12-11-16-14-22-18-10-9-15(4-2)13-17(16)18/h9-10,13-14H,3-8,11-12H2,1-2H3,(H,20,21). The maximum atomic E-state index is 11.8. The van der Waals surface area contributed by atoms with Gasteiger partial charge >= 0.3 is 0 Å². The van der Waals surface area contributed by atoms with Gasteiger partial charge in [-0.05, 0) is 42.5 Å². The largest absolute Gasteiger partial charge is 0.464 e. The molecule has 1 aromatic carbocycles. The van der Waals surface area contributed by atoms with Crippen LogP contribution in [0.3, 0.4) is 0 Å². The molecule has 1 aromatic heterocycles. The van der Waals surface area contributed by atoms with Gasteiger partial charge in [0.05, 0.1) is 6.26 Å². The van der Waals surface area contributed by atoms with Crippen LogP contribution in [0.2, 0.25) is 0 Å². The van der Waals surface area contributed by atoms with E-state index >= 15 is 0 Å². The molecule has 0 saturated heterocycles. The van der Waals surface area contributed by atoms with Gasteiger partial charge in [0.1, 0.15) is 5.58 Å². The number of hydrogen-bond donors (Lipinski definition) is 1. The second-order valence-electron chi connectivity index (χ2n) is 5.86. The van der Waals surface area contributed by atoms with Crippen LogP contribution in [0.1, 0.15) is 57.1 Å². The van der Waals surface area contributed by atoms with E-state index in [2.05, 4.69) is 31.3 Å². The van der Waals surface area contributed by atoms with Crippen LogP contribution in [0.4, 0.5) is 0 Å². The molecule has 0 radical (unpaired) electrons. The summed E-state index contributed by atoms with van der Waals surface area (Å²) in [5.74, 6) is 0.165. The summed E-state index contributed by atoms with van der Waals surface area (Å²) in [4.78, 5) is 11.8. The summed E-state index contributed by atoms with van der Waals surface area (Å²) in [7, 11) is 0. The summed E-state index contributed by atoms with van der Waals surface area (Å²) in [6, 6.07) is 6.33. The summed E-state index contributed by atoms with van der Waals surface area (Å²) in [6.07, 6.45) is 8.87. The first-order valence-electron chi connectivity index (χ1n) is 8.50. The average molecular weight is 301 g/mol. The van der Waals surface area contributed by atoms with Crippen molar-refractivity contribution >= 4 is 16.9 Å². The third-order valence-corrected chi connectivity index (χ3v) is 4.10. The highest BCUT2D eigenvalue weighted by atomic mass is 16.3. The van der Waals surface area contributed by atoms with E-state index in [0.717, 1.165) is 31.3 Å². The second kappa shape index (κ2) is 8.62. The highest BCUT2D eigenvalue weighted by molar-refractivity contribution is 5.82. The van der Waals surface area contributed by atoms with E-state index in [0.29, 0.717) is 13.0 Å². The molecule has 0 bridgehead atoms. The summed E-state index contributed by atoms with van der Waals surface area (Å²) >= 11 is 0. The van der Waals surface area contributed by atoms with Crippen molar-refractivity contribution in [3.05, 3.63) is 35.6 Å². The van der Waals surface area contributed by atoms with E-state index in [1.54, 1.807) is 0 Å². The molecule has 1 amide bonds. The molecule has 0 spiro atoms. The van der Waals surface area contributed by atoms with Crippen LogP contribution in [0.25, 0.3) is 11.0 Å². The van der Waals surface area contributed by atoms with Gasteiger partial charge in [-0.1, -0.05) is 39.2 Å². The number of carbonyl (C=O) groups is 1. The van der Waals surface area contributed by atoms with Gasteiger partial charge in [0.25, 0.3) is 0 Å². The first-order chi connectivity index (χ1) is 10.7. The molecule has 22 heavy (non-hydrogen) atoms. The fraction of sp³-hybridized carbons (Fsp3) is 0.526. The van der Waals surface area contributed by atoms with Crippen molar-refractivity contribution in [2.75, 3.05) is 6.54 Å². The Morgan fingerprint density at radius 3 is 2.82 bits per heavy atom. The number of unbranched alkanes of at least 4 members (excludes halogenated alkanes) is 3. The molecule has 2 aromatic rings. The topological polar surface area (TPSA) is 42.2 Å². The van der Waals surface area contributed by atoms with Gasteiger partial charge < -0.3 is 9.73 Å². The number of amides is 1. The molecule has 1 N–H and O–H groups in total. The summed E-state index contributed by atoms with van der Waals surface area (Å²) < 4.78 is 5.59. The van der Waals surface area contributed by atoms with Gasteiger partial charge in [-0.15, -0.1) is 0 Å². The minimum atomic E-state index is 0.165. The Morgan fingerprint density at radius 2 is 2.05 bits per heavy atom. The average Bonchev–Trinajstić information content (AvgIpc) is 2.94. The SMILES string of the molecule is CCCCCCC(=O)NCCc1coc2ccc(CC)cc12. The van der Waals surface area contributed by atoms with Gasteiger partial charge in [-0.2, -0.15) is 0 Å². The molecule has 120 valence electrons. The summed E-state index contributed by atoms with van der Waals surface area (Å²) in [5.41, 5.74) is 3.42. The molecule has 0 aliphatic carbocycles. The highest BCUT2D eigenvalue weighted by Gasteiger charge is 2.07. The number of benzene rings is 1. The quantitative estimate of drug-likeness (QED) is 0.686. The monoisotopic (exact) mass is 301 g/mol. The molecule has 2 rings (SSSR count). The predicted molar refractivity (Wildman–Crippen MR) is 91.1 cm³/mol. The molecule has 3 nitrogen and oxygen atoms in total. The van der Waals surface area contributed by atoms with Crippen molar-refractivity contribution in [1.29, 1.82) is 0 Å². The van der Waals surface area contributed by atoms with Crippen molar-refractivity contribution in [3.63, 3.8) is 0 Å². The van der Waals surface area contributed by atoms with Crippen molar-refractivity contribution in [2.24, 2.45) is 0 Å². The number of aryl methyl sites for hydroxylation is 1. The van der Waals surface area contributed by atoms with Crippen molar-refractivity contribution in [1.82, 2.24) is 5.32 Å². The lowest BCUT2D eigenvalue weighted by Gasteiger charge is -2.04. The van der Waals surface area contributed by atoms with Crippen molar-refractivity contribution in [2.45, 2.75) is 58.8 Å². The first kappa shape index (κ1) is 16.6. The Morgan fingerprint density at radius 1 is 1.18 bits per heavy atom. The molecular weight excluding hydrogens is 274 g/mol. The Balaban J connectivity index is 1.80. The minimum Gasteiger partial charge on any atom is -0.464 e. The molecule has 0 aliphatic rings. The summed E-state index contributed by atoms with van der Waals surface area (Å²) in [6.45, 7) is 5.01. The van der Waals surface area contributed by atoms with Crippen LogP contribution in [-0.2, 0) is 17.6 Å². The van der Waals surface area contributed by atoms with E-state index in [4.69, 9.17) is 4.42 Å². The van der Waals surface area contributed by atoms with Crippen LogP contribution in [-0.4, -0.2) is 12.5 Å². The molecule has 0 atom stereocenters. The van der Waals surface area contributed by atoms with Crippen molar-refractivity contribution in [3.8, 4) is 0 Å².